The maximum Gasteiger partial charge on any atom is 0.422 e. The Morgan fingerprint density at radius 1 is 1.00 bits per heavy atom. The van der Waals surface area contributed by atoms with E-state index in [2.05, 4.69) is 20.1 Å². The zero-order valence-electron chi connectivity index (χ0n) is 15.0. The highest BCUT2D eigenvalue weighted by molar-refractivity contribution is 7.80. The van der Waals surface area contributed by atoms with Gasteiger partial charge in [0.05, 0.1) is 0 Å². The van der Waals surface area contributed by atoms with E-state index in [9.17, 15) is 30.7 Å². The van der Waals surface area contributed by atoms with E-state index in [0.717, 1.165) is 43.9 Å². The lowest BCUT2D eigenvalue weighted by Gasteiger charge is -2.19. The van der Waals surface area contributed by atoms with Crippen LogP contribution < -0.4 is 20.1 Å². The molecule has 1 fully saturated rings. The van der Waals surface area contributed by atoms with E-state index in [1.807, 2.05) is 0 Å². The van der Waals surface area contributed by atoms with Gasteiger partial charge in [0.2, 0.25) is 0 Å². The number of rotatable bonds is 8. The van der Waals surface area contributed by atoms with Crippen molar-refractivity contribution in [3.8, 4) is 11.5 Å². The molecule has 2 rings (SSSR count). The van der Waals surface area contributed by atoms with Gasteiger partial charge in [-0.1, -0.05) is 12.8 Å². The van der Waals surface area contributed by atoms with Gasteiger partial charge in [-0.3, -0.25) is 0 Å². The van der Waals surface area contributed by atoms with E-state index in [1.165, 1.54) is 0 Å². The predicted molar refractivity (Wildman–Crippen MR) is 96.1 cm³/mol. The van der Waals surface area contributed by atoms with Crippen LogP contribution in [0.15, 0.2) is 18.2 Å². The van der Waals surface area contributed by atoms with Crippen molar-refractivity contribution in [3.05, 3.63) is 18.2 Å². The van der Waals surface area contributed by atoms with E-state index >= 15 is 0 Å². The van der Waals surface area contributed by atoms with Crippen molar-refractivity contribution >= 4 is 23.0 Å². The summed E-state index contributed by atoms with van der Waals surface area (Å²) in [6.45, 7) is -3.29. The topological polar surface area (TPSA) is 42.5 Å². The summed E-state index contributed by atoms with van der Waals surface area (Å²) in [7, 11) is 0. The van der Waals surface area contributed by atoms with Gasteiger partial charge in [-0.25, -0.2) is 8.78 Å². The number of alkyl halides is 7. The molecule has 0 radical (unpaired) electrons. The fraction of sp³-hybridized carbons (Fsp3) is 0.588. The third kappa shape index (κ3) is 8.11. The molecule has 0 saturated heterocycles. The van der Waals surface area contributed by atoms with Gasteiger partial charge in [0, 0.05) is 29.9 Å². The smallest absolute Gasteiger partial charge is 0.422 e. The van der Waals surface area contributed by atoms with Gasteiger partial charge in [-0.05, 0) is 25.1 Å². The standard InChI is InChI=1S/C17H19F7N2O2S/c18-14(19)16(20,21)8-27-12-5-11(6-13(7-12)28-9-17(22,23)24)26-15(29)25-10-3-1-2-4-10/h5-7,10,14H,1-4,8-9H2,(H2,25,26,29). The first-order chi connectivity index (χ1) is 13.4. The van der Waals surface area contributed by atoms with E-state index in [0.29, 0.717) is 0 Å². The van der Waals surface area contributed by atoms with Gasteiger partial charge in [0.25, 0.3) is 0 Å². The van der Waals surface area contributed by atoms with Crippen molar-refractivity contribution < 1.29 is 40.2 Å². The van der Waals surface area contributed by atoms with E-state index in [-0.39, 0.29) is 28.3 Å². The van der Waals surface area contributed by atoms with E-state index in [1.54, 1.807) is 0 Å². The molecular formula is C17H19F7N2O2S. The van der Waals surface area contributed by atoms with E-state index < -0.39 is 31.7 Å². The van der Waals surface area contributed by atoms with Crippen LogP contribution in [-0.2, 0) is 0 Å². The summed E-state index contributed by atoms with van der Waals surface area (Å²) in [4.78, 5) is 0. The summed E-state index contributed by atoms with van der Waals surface area (Å²) in [6, 6.07) is 3.35. The zero-order valence-corrected chi connectivity index (χ0v) is 15.8. The number of ether oxygens (including phenoxy) is 2. The molecule has 0 unspecified atom stereocenters. The summed E-state index contributed by atoms with van der Waals surface area (Å²) in [5, 5.41) is 5.92. The van der Waals surface area contributed by atoms with Crippen LogP contribution in [0.5, 0.6) is 11.5 Å². The second-order valence-electron chi connectivity index (χ2n) is 6.53. The summed E-state index contributed by atoms with van der Waals surface area (Å²) < 4.78 is 97.1. The number of hydrogen-bond donors (Lipinski definition) is 2. The summed E-state index contributed by atoms with van der Waals surface area (Å²) in [5.74, 6) is -5.15. The highest BCUT2D eigenvalue weighted by atomic mass is 32.1. The number of thiocarbonyl (C=S) groups is 1. The van der Waals surface area contributed by atoms with Gasteiger partial charge in [-0.15, -0.1) is 0 Å². The minimum atomic E-state index is -4.63. The molecule has 0 aliphatic heterocycles. The third-order valence-corrected chi connectivity index (χ3v) is 4.20. The van der Waals surface area contributed by atoms with Gasteiger partial charge in [0.1, 0.15) is 11.5 Å². The van der Waals surface area contributed by atoms with Crippen LogP contribution in [-0.4, -0.2) is 42.9 Å². The minimum absolute atomic E-state index is 0.0931. The molecule has 1 saturated carbocycles. The second-order valence-corrected chi connectivity index (χ2v) is 6.94. The quantitative estimate of drug-likeness (QED) is 0.426. The Morgan fingerprint density at radius 2 is 1.55 bits per heavy atom. The normalized spacial score (nSPS) is 15.4. The molecule has 0 aromatic heterocycles. The average molecular weight is 448 g/mol. The zero-order chi connectivity index (χ0) is 21.7. The molecule has 1 aliphatic rings. The van der Waals surface area contributed by atoms with Crippen LogP contribution >= 0.6 is 12.2 Å². The lowest BCUT2D eigenvalue weighted by molar-refractivity contribution is -0.153. The van der Waals surface area contributed by atoms with Gasteiger partial charge in [0.15, 0.2) is 18.3 Å². The third-order valence-electron chi connectivity index (χ3n) is 3.98. The Labute approximate surface area is 167 Å². The van der Waals surface area contributed by atoms with Crippen molar-refractivity contribution in [3.63, 3.8) is 0 Å². The first-order valence-corrected chi connectivity index (χ1v) is 9.06. The van der Waals surface area contributed by atoms with Crippen molar-refractivity contribution in [2.45, 2.75) is 50.2 Å². The molecule has 1 aromatic carbocycles. The molecule has 0 amide bonds. The number of halogens is 7. The number of benzene rings is 1. The largest absolute Gasteiger partial charge is 0.487 e. The Hall–Kier alpha value is -1.98. The number of anilines is 1. The lowest BCUT2D eigenvalue weighted by Crippen LogP contribution is -2.36. The highest BCUT2D eigenvalue weighted by Gasteiger charge is 2.41. The van der Waals surface area contributed by atoms with Gasteiger partial charge >= 0.3 is 18.5 Å². The molecule has 0 bridgehead atoms. The second kappa shape index (κ2) is 9.68. The van der Waals surface area contributed by atoms with Crippen LogP contribution in [0, 0.1) is 0 Å². The maximum absolute atomic E-state index is 13.1. The molecule has 4 nitrogen and oxygen atoms in total. The Morgan fingerprint density at radius 3 is 2.07 bits per heavy atom. The molecule has 12 heteroatoms. The monoisotopic (exact) mass is 448 g/mol. The molecule has 1 aromatic rings. The molecular weight excluding hydrogens is 429 g/mol. The molecule has 1 aliphatic carbocycles. The van der Waals surface area contributed by atoms with Gasteiger partial charge < -0.3 is 20.1 Å². The fourth-order valence-corrected chi connectivity index (χ4v) is 2.93. The first-order valence-electron chi connectivity index (χ1n) is 8.65. The first kappa shape index (κ1) is 23.3. The Balaban J connectivity index is 2.11. The minimum Gasteiger partial charge on any atom is -0.487 e. The van der Waals surface area contributed by atoms with Gasteiger partial charge in [-0.2, -0.15) is 22.0 Å². The Bertz CT molecular complexity index is 695. The molecule has 164 valence electrons. The van der Waals surface area contributed by atoms with Crippen LogP contribution in [0.2, 0.25) is 0 Å². The number of nitrogens with one attached hydrogen (secondary N) is 2. The number of hydrogen-bond acceptors (Lipinski definition) is 3. The SMILES string of the molecule is FC(F)C(F)(F)COc1cc(NC(=S)NC2CCCC2)cc(OCC(F)(F)F)c1. The molecule has 0 spiro atoms. The van der Waals surface area contributed by atoms with Crippen LogP contribution in [0.4, 0.5) is 36.4 Å². The van der Waals surface area contributed by atoms with Crippen LogP contribution in [0.3, 0.4) is 0 Å². The average Bonchev–Trinajstić information content (AvgIpc) is 3.10. The fourth-order valence-electron chi connectivity index (χ4n) is 2.64. The van der Waals surface area contributed by atoms with E-state index in [4.69, 9.17) is 12.2 Å². The molecule has 0 heterocycles. The highest BCUT2D eigenvalue weighted by Crippen LogP contribution is 2.30. The van der Waals surface area contributed by atoms with Crippen molar-refractivity contribution in [2.24, 2.45) is 0 Å². The summed E-state index contributed by atoms with van der Waals surface area (Å²) in [6.07, 6.45) is -4.68. The Kier molecular flexibility index (Phi) is 7.78. The summed E-state index contributed by atoms with van der Waals surface area (Å²) in [5.41, 5.74) is 0.0931. The predicted octanol–water partition coefficient (Wildman–Crippen LogP) is 5.14. The summed E-state index contributed by atoms with van der Waals surface area (Å²) >= 11 is 5.14. The van der Waals surface area contributed by atoms with Crippen molar-refractivity contribution in [2.75, 3.05) is 18.5 Å². The van der Waals surface area contributed by atoms with Crippen molar-refractivity contribution in [1.29, 1.82) is 0 Å². The molecule has 2 N–H and O–H groups in total. The van der Waals surface area contributed by atoms with Crippen LogP contribution in [0.25, 0.3) is 0 Å². The molecule has 0 atom stereocenters. The van der Waals surface area contributed by atoms with Crippen molar-refractivity contribution in [1.82, 2.24) is 5.32 Å². The maximum atomic E-state index is 13.1. The molecule has 29 heavy (non-hydrogen) atoms. The van der Waals surface area contributed by atoms with Crippen LogP contribution in [0.1, 0.15) is 25.7 Å². The lowest BCUT2D eigenvalue weighted by atomic mass is 10.2.